The number of ether oxygens (including phenoxy) is 1. The van der Waals surface area contributed by atoms with Crippen LogP contribution < -0.4 is 5.32 Å². The van der Waals surface area contributed by atoms with Crippen LogP contribution in [0.5, 0.6) is 0 Å². The number of amides is 1. The third-order valence-corrected chi connectivity index (χ3v) is 1.61. The van der Waals surface area contributed by atoms with Crippen LogP contribution in [-0.4, -0.2) is 22.2 Å². The molecule has 0 aliphatic heterocycles. The number of nitrogens with zero attached hydrogens (tertiary/aromatic N) is 1. The van der Waals surface area contributed by atoms with E-state index in [1.165, 1.54) is 0 Å². The minimum atomic E-state index is -0.427. The van der Waals surface area contributed by atoms with Crippen LogP contribution >= 0.6 is 0 Å². The van der Waals surface area contributed by atoms with Gasteiger partial charge in [-0.2, -0.15) is 0 Å². The number of carbonyl (C=O) groups is 1. The van der Waals surface area contributed by atoms with Gasteiger partial charge in [-0.3, -0.25) is 0 Å². The zero-order chi connectivity index (χ0) is 10.6. The molecule has 0 radical (unpaired) electrons. The molecule has 1 unspecified atom stereocenters. The minimum Gasteiger partial charge on any atom is -0.447 e. The zero-order valence-corrected chi connectivity index (χ0v) is 8.57. The molecule has 0 aromatic carbocycles. The summed E-state index contributed by atoms with van der Waals surface area (Å²) in [7, 11) is 0. The predicted molar refractivity (Wildman–Crippen MR) is 51.8 cm³/mol. The zero-order valence-electron chi connectivity index (χ0n) is 8.57. The first kappa shape index (κ1) is 10.6. The van der Waals surface area contributed by atoms with Crippen LogP contribution in [0, 0.1) is 0 Å². The van der Waals surface area contributed by atoms with Crippen LogP contribution in [0.3, 0.4) is 0 Å². The topological polar surface area (TPSA) is 67.0 Å². The molecule has 2 N–H and O–H groups in total. The maximum absolute atomic E-state index is 11.2. The minimum absolute atomic E-state index is 0.112. The summed E-state index contributed by atoms with van der Waals surface area (Å²) in [6, 6.07) is -0.170. The van der Waals surface area contributed by atoms with Crippen LogP contribution in [0.25, 0.3) is 0 Å². The number of nitrogens with one attached hydrogen (secondary N) is 2. The van der Waals surface area contributed by atoms with E-state index in [4.69, 9.17) is 4.74 Å². The molecule has 1 aromatic rings. The lowest BCUT2D eigenvalue weighted by Crippen LogP contribution is -2.29. The fourth-order valence-corrected chi connectivity index (χ4v) is 1.01. The van der Waals surface area contributed by atoms with Crippen molar-refractivity contribution in [1.29, 1.82) is 0 Å². The van der Waals surface area contributed by atoms with Gasteiger partial charge < -0.3 is 15.0 Å². The van der Waals surface area contributed by atoms with E-state index in [1.54, 1.807) is 26.2 Å². The molecule has 0 spiro atoms. The second kappa shape index (κ2) is 4.64. The van der Waals surface area contributed by atoms with Crippen LogP contribution in [0.1, 0.15) is 32.6 Å². The fourth-order valence-electron chi connectivity index (χ4n) is 1.01. The van der Waals surface area contributed by atoms with Gasteiger partial charge in [0.15, 0.2) is 0 Å². The van der Waals surface area contributed by atoms with Gasteiger partial charge in [-0.25, -0.2) is 9.78 Å². The van der Waals surface area contributed by atoms with Gasteiger partial charge in [0.25, 0.3) is 0 Å². The molecule has 1 aromatic heterocycles. The molecule has 1 atom stereocenters. The highest BCUT2D eigenvalue weighted by Gasteiger charge is 2.12. The van der Waals surface area contributed by atoms with Gasteiger partial charge in [-0.15, -0.1) is 0 Å². The van der Waals surface area contributed by atoms with Gasteiger partial charge in [-0.05, 0) is 20.8 Å². The lowest BCUT2D eigenvalue weighted by atomic mass is 10.3. The highest BCUT2D eigenvalue weighted by Crippen LogP contribution is 2.05. The Labute approximate surface area is 82.9 Å². The molecule has 0 saturated carbocycles. The predicted octanol–water partition coefficient (Wildman–Crippen LogP) is 1.61. The molecule has 0 aliphatic carbocycles. The number of H-pyrrole nitrogens is 1. The highest BCUT2D eigenvalue weighted by molar-refractivity contribution is 5.67. The van der Waals surface area contributed by atoms with Gasteiger partial charge in [0, 0.05) is 12.4 Å². The molecule has 0 saturated heterocycles. The smallest absolute Gasteiger partial charge is 0.407 e. The molecule has 0 bridgehead atoms. The summed E-state index contributed by atoms with van der Waals surface area (Å²) in [4.78, 5) is 18.1. The quantitative estimate of drug-likeness (QED) is 0.773. The first-order valence-electron chi connectivity index (χ1n) is 4.56. The Balaban J connectivity index is 2.41. The van der Waals surface area contributed by atoms with Gasteiger partial charge in [-0.1, -0.05) is 0 Å². The molecular weight excluding hydrogens is 182 g/mol. The van der Waals surface area contributed by atoms with Crippen molar-refractivity contribution in [3.8, 4) is 0 Å². The molecule has 0 fully saturated rings. The SMILES string of the molecule is CC(C)OC(=O)NC(C)c1ncc[nH]1. The maximum atomic E-state index is 11.2. The van der Waals surface area contributed by atoms with Crippen molar-refractivity contribution in [2.75, 3.05) is 0 Å². The second-order valence-corrected chi connectivity index (χ2v) is 3.29. The van der Waals surface area contributed by atoms with Crippen LogP contribution in [0.15, 0.2) is 12.4 Å². The number of alkyl carbamates (subject to hydrolysis) is 1. The van der Waals surface area contributed by atoms with Crippen LogP contribution in [-0.2, 0) is 4.74 Å². The van der Waals surface area contributed by atoms with E-state index in [1.807, 2.05) is 6.92 Å². The van der Waals surface area contributed by atoms with Gasteiger partial charge in [0.1, 0.15) is 5.82 Å². The Morgan fingerprint density at radius 2 is 2.29 bits per heavy atom. The summed E-state index contributed by atoms with van der Waals surface area (Å²) in [5.41, 5.74) is 0. The Bertz CT molecular complexity index is 282. The highest BCUT2D eigenvalue weighted by atomic mass is 16.6. The van der Waals surface area contributed by atoms with Crippen molar-refractivity contribution in [2.24, 2.45) is 0 Å². The van der Waals surface area contributed by atoms with E-state index in [0.717, 1.165) is 0 Å². The molecule has 1 heterocycles. The summed E-state index contributed by atoms with van der Waals surface area (Å²) >= 11 is 0. The number of hydrogen-bond acceptors (Lipinski definition) is 3. The van der Waals surface area contributed by atoms with E-state index in [2.05, 4.69) is 15.3 Å². The normalized spacial score (nSPS) is 12.6. The third-order valence-electron chi connectivity index (χ3n) is 1.61. The van der Waals surface area contributed by atoms with Crippen molar-refractivity contribution in [2.45, 2.75) is 32.9 Å². The molecule has 78 valence electrons. The summed E-state index contributed by atoms with van der Waals surface area (Å²) in [5, 5.41) is 2.66. The largest absolute Gasteiger partial charge is 0.447 e. The summed E-state index contributed by atoms with van der Waals surface area (Å²) in [6.07, 6.45) is 2.81. The molecular formula is C9H15N3O2. The number of aromatic nitrogens is 2. The molecule has 1 rings (SSSR count). The van der Waals surface area contributed by atoms with Crippen LogP contribution in [0.2, 0.25) is 0 Å². The average molecular weight is 197 g/mol. The second-order valence-electron chi connectivity index (χ2n) is 3.29. The standard InChI is InChI=1S/C9H15N3O2/c1-6(2)14-9(13)12-7(3)8-10-4-5-11-8/h4-7H,1-3H3,(H,10,11)(H,12,13). The lowest BCUT2D eigenvalue weighted by Gasteiger charge is -2.13. The van der Waals surface area contributed by atoms with E-state index in [-0.39, 0.29) is 12.1 Å². The molecule has 5 heteroatoms. The van der Waals surface area contributed by atoms with E-state index < -0.39 is 6.09 Å². The van der Waals surface area contributed by atoms with Crippen molar-refractivity contribution in [3.05, 3.63) is 18.2 Å². The summed E-state index contributed by atoms with van der Waals surface area (Å²) in [6.45, 7) is 5.44. The monoisotopic (exact) mass is 197 g/mol. The summed E-state index contributed by atoms with van der Waals surface area (Å²) in [5.74, 6) is 0.714. The number of aromatic amines is 1. The van der Waals surface area contributed by atoms with Crippen molar-refractivity contribution in [3.63, 3.8) is 0 Å². The van der Waals surface area contributed by atoms with Gasteiger partial charge >= 0.3 is 6.09 Å². The summed E-state index contributed by atoms with van der Waals surface area (Å²) < 4.78 is 4.93. The number of carbonyl (C=O) groups excluding carboxylic acids is 1. The Morgan fingerprint density at radius 1 is 1.57 bits per heavy atom. The molecule has 0 aliphatic rings. The van der Waals surface area contributed by atoms with Crippen LogP contribution in [0.4, 0.5) is 4.79 Å². The molecule has 14 heavy (non-hydrogen) atoms. The number of hydrogen-bond donors (Lipinski definition) is 2. The number of rotatable bonds is 3. The maximum Gasteiger partial charge on any atom is 0.407 e. The molecule has 5 nitrogen and oxygen atoms in total. The first-order valence-corrected chi connectivity index (χ1v) is 4.56. The average Bonchev–Trinajstić information content (AvgIpc) is 2.53. The Hall–Kier alpha value is -1.52. The van der Waals surface area contributed by atoms with Crippen molar-refractivity contribution < 1.29 is 9.53 Å². The number of imidazole rings is 1. The van der Waals surface area contributed by atoms with Gasteiger partial charge in [0.05, 0.1) is 12.1 Å². The van der Waals surface area contributed by atoms with Crippen molar-refractivity contribution >= 4 is 6.09 Å². The Morgan fingerprint density at radius 3 is 2.79 bits per heavy atom. The fraction of sp³-hybridized carbons (Fsp3) is 0.556. The van der Waals surface area contributed by atoms with Gasteiger partial charge in [0.2, 0.25) is 0 Å². The molecule has 1 amide bonds. The first-order chi connectivity index (χ1) is 6.59. The van der Waals surface area contributed by atoms with E-state index in [0.29, 0.717) is 5.82 Å². The van der Waals surface area contributed by atoms with Crippen molar-refractivity contribution in [1.82, 2.24) is 15.3 Å². The van der Waals surface area contributed by atoms with E-state index >= 15 is 0 Å². The van der Waals surface area contributed by atoms with E-state index in [9.17, 15) is 4.79 Å². The third kappa shape index (κ3) is 3.08. The Kier molecular flexibility index (Phi) is 3.50. The lowest BCUT2D eigenvalue weighted by molar-refractivity contribution is 0.112.